The summed E-state index contributed by atoms with van der Waals surface area (Å²) in [5.41, 5.74) is 0. The fourth-order valence-electron chi connectivity index (χ4n) is 3.01. The molecule has 0 aliphatic rings. The van der Waals surface area contributed by atoms with Crippen molar-refractivity contribution in [3.63, 3.8) is 0 Å². The predicted molar refractivity (Wildman–Crippen MR) is 108 cm³/mol. The first kappa shape index (κ1) is 61.0. The minimum Gasteiger partial charge on any atom is -0.505 e. The molecule has 2 unspecified atom stereocenters. The number of aryl methyl sites for hydroxylation is 1. The largest absolute Gasteiger partial charge is 0.505 e. The number of aliphatic hydroxyl groups is 1. The van der Waals surface area contributed by atoms with E-state index < -0.39 is 12.0 Å². The molecule has 0 saturated carbocycles. The van der Waals surface area contributed by atoms with E-state index in [1.807, 2.05) is 0 Å². The van der Waals surface area contributed by atoms with Gasteiger partial charge >= 0.3 is 0 Å². The van der Waals surface area contributed by atoms with Crippen LogP contribution in [0.5, 0.6) is 0 Å². The molecule has 0 bridgehead atoms. The Bertz CT molecular complexity index is 1240. The molecule has 43 heavy (non-hydrogen) atoms. The summed E-state index contributed by atoms with van der Waals surface area (Å²) in [6.07, 6.45) is 12.3. The van der Waals surface area contributed by atoms with Crippen LogP contribution in [0, 0.1) is 38.6 Å². The fraction of sp³-hybridized carbons (Fsp3) is 0.400. The Morgan fingerprint density at radius 2 is 1.00 bits per heavy atom. The molecule has 201 valence electrons. The van der Waals surface area contributed by atoms with Gasteiger partial charge in [0.15, 0.2) is 0 Å². The van der Waals surface area contributed by atoms with E-state index in [0.717, 1.165) is 0 Å². The zero-order chi connectivity index (χ0) is 23.8. The third-order valence-corrected chi connectivity index (χ3v) is 4.44. The van der Waals surface area contributed by atoms with Crippen molar-refractivity contribution in [1.82, 2.24) is 59.8 Å². The van der Waals surface area contributed by atoms with Crippen molar-refractivity contribution in [2.75, 3.05) is 13.7 Å². The summed E-state index contributed by atoms with van der Waals surface area (Å²) in [6.45, 7) is 1.85. The second kappa shape index (κ2) is 35.0. The zero-order valence-electron chi connectivity index (χ0n) is 23.4. The van der Waals surface area contributed by atoms with Crippen LogP contribution in [0.4, 0.5) is 0 Å². The Morgan fingerprint density at radius 1 is 0.581 bits per heavy atom. The van der Waals surface area contributed by atoms with Crippen LogP contribution in [-0.2, 0) is 312 Å². The maximum absolute atomic E-state index is 10.4. The Hall–Kier alpha value is 5.90. The number of ether oxygens (including phenoxy) is 1. The second-order valence-corrected chi connectivity index (χ2v) is 7.02. The van der Waals surface area contributed by atoms with E-state index in [-0.39, 0.29) is 320 Å². The molecule has 4 heterocycles. The van der Waals surface area contributed by atoms with Gasteiger partial charge in [0.2, 0.25) is 0 Å². The summed E-state index contributed by atoms with van der Waals surface area (Å²) < 4.78 is 5.07. The third-order valence-electron chi connectivity index (χ3n) is 4.44. The van der Waals surface area contributed by atoms with Gasteiger partial charge < -0.3 is 69.7 Å². The van der Waals surface area contributed by atoms with Crippen molar-refractivity contribution in [2.45, 2.75) is 38.2 Å². The van der Waals surface area contributed by atoms with Gasteiger partial charge in [-0.1, -0.05) is 13.3 Å². The van der Waals surface area contributed by atoms with Gasteiger partial charge in [-0.3, -0.25) is 0 Å². The summed E-state index contributed by atoms with van der Waals surface area (Å²) in [4.78, 5) is 49.1. The standard InChI is InChI=1S/C20H17N12O2.9Y/c1-12-22-9-25-16(30-12)5-18-27-11-29-20(32-18)14(3-13(33)6-34-2)19-28-10-26-17(31-19)4-15-23-7-21-8-24-15;;;;;;;;;/h13-14,33H,3-6H2,1-2H3;;;;;;;;;/q-5;;;;;;;;;. The van der Waals surface area contributed by atoms with Gasteiger partial charge in [-0.15, -0.1) is 5.82 Å². The van der Waals surface area contributed by atoms with E-state index in [4.69, 9.17) is 4.74 Å². The molecule has 0 fully saturated rings. The fourth-order valence-corrected chi connectivity index (χ4v) is 3.01. The average molecular weight is 1260 g/mol. The summed E-state index contributed by atoms with van der Waals surface area (Å²) >= 11 is 0. The van der Waals surface area contributed by atoms with Crippen LogP contribution in [0.1, 0.15) is 53.1 Å². The molecule has 1 N–H and O–H groups in total. The molecule has 0 aliphatic heterocycles. The Kier molecular flexibility index (Phi) is 49.5. The minimum absolute atomic E-state index is 0. The number of hydrogen-bond acceptors (Lipinski definition) is 14. The number of rotatable bonds is 10. The molecular weight excluding hydrogens is 1240 g/mol. The second-order valence-electron chi connectivity index (χ2n) is 7.02. The van der Waals surface area contributed by atoms with Crippen molar-refractivity contribution in [1.29, 1.82) is 0 Å². The van der Waals surface area contributed by atoms with Gasteiger partial charge in [-0.05, 0) is 18.8 Å². The van der Waals surface area contributed by atoms with E-state index in [1.165, 1.54) is 7.11 Å². The number of methoxy groups -OCH3 is 1. The monoisotopic (exact) mass is 1260 g/mol. The molecule has 4 rings (SSSR count). The molecule has 23 heteroatoms. The van der Waals surface area contributed by atoms with Crippen molar-refractivity contribution < 1.29 is 304 Å². The zero-order valence-corrected chi connectivity index (χ0v) is 48.9. The molecular formula is C20H17N12O2Y9-5. The van der Waals surface area contributed by atoms with Crippen LogP contribution in [0.25, 0.3) is 0 Å². The maximum atomic E-state index is 10.4. The first-order chi connectivity index (χ1) is 16.6. The molecule has 0 aromatic carbocycles. The SMILES string of the molecule is COCC(O)CC(c1n[c-]nc(Cc2n[c-]n[c-]n2)n1)c1n[c-]nc(Cc2n[c-]nc(C)n2)n1.[Y].[Y].[Y].[Y].[Y].[Y].[Y].[Y].[Y]. The van der Waals surface area contributed by atoms with E-state index in [1.54, 1.807) is 6.92 Å². The minimum atomic E-state index is -0.830. The van der Waals surface area contributed by atoms with Crippen molar-refractivity contribution >= 4 is 0 Å². The predicted octanol–water partition coefficient (Wildman–Crippen LogP) is -1.58. The van der Waals surface area contributed by atoms with Crippen LogP contribution >= 0.6 is 0 Å². The first-order valence-corrected chi connectivity index (χ1v) is 10.0. The van der Waals surface area contributed by atoms with Gasteiger partial charge in [0, 0.05) is 355 Å². The first-order valence-electron chi connectivity index (χ1n) is 10.0. The van der Waals surface area contributed by atoms with Crippen molar-refractivity contribution in [3.8, 4) is 0 Å². The topological polar surface area (TPSA) is 184 Å². The molecule has 4 aromatic heterocycles. The normalized spacial score (nSPS) is 10.2. The maximum Gasteiger partial charge on any atom is 0.0765 e. The van der Waals surface area contributed by atoms with E-state index in [9.17, 15) is 5.11 Å². The Morgan fingerprint density at radius 3 is 1.47 bits per heavy atom. The van der Waals surface area contributed by atoms with E-state index >= 15 is 0 Å². The van der Waals surface area contributed by atoms with Crippen LogP contribution in [0.15, 0.2) is 0 Å². The van der Waals surface area contributed by atoms with E-state index in [0.29, 0.717) is 40.8 Å². The molecule has 9 radical (unpaired) electrons. The van der Waals surface area contributed by atoms with Crippen LogP contribution in [-0.4, -0.2) is 84.7 Å². The van der Waals surface area contributed by atoms with Gasteiger partial charge in [-0.2, -0.15) is 12.7 Å². The number of aliphatic hydroxyl groups excluding tert-OH is 1. The summed E-state index contributed by atoms with van der Waals surface area (Å²) in [6, 6.07) is 0. The molecule has 0 aliphatic carbocycles. The summed E-state index contributed by atoms with van der Waals surface area (Å²) in [7, 11) is 1.50. The molecule has 2 atom stereocenters. The average Bonchev–Trinajstić information content (AvgIpc) is 2.84. The molecule has 14 nitrogen and oxygen atoms in total. The number of aromatic nitrogens is 12. The van der Waals surface area contributed by atoms with Gasteiger partial charge in [0.25, 0.3) is 0 Å². The number of nitrogens with zero attached hydrogens (tertiary/aromatic N) is 12. The van der Waals surface area contributed by atoms with E-state index in [2.05, 4.69) is 91.4 Å². The summed E-state index contributed by atoms with van der Waals surface area (Å²) in [5.74, 6) is 2.10. The van der Waals surface area contributed by atoms with Crippen LogP contribution in [0.3, 0.4) is 0 Å². The molecule has 0 amide bonds. The Labute approximate surface area is 477 Å². The third kappa shape index (κ3) is 22.5. The smallest absolute Gasteiger partial charge is 0.0765 e. The van der Waals surface area contributed by atoms with Crippen LogP contribution < -0.4 is 0 Å². The number of hydrogen-bond donors (Lipinski definition) is 1. The quantitative estimate of drug-likeness (QED) is 0.180. The summed E-state index contributed by atoms with van der Waals surface area (Å²) in [5, 5.41) is 10.4. The molecule has 0 spiro atoms. The van der Waals surface area contributed by atoms with Gasteiger partial charge in [-0.25, -0.2) is 0 Å². The molecule has 0 saturated heterocycles. The molecule has 4 aromatic rings. The van der Waals surface area contributed by atoms with Crippen LogP contribution in [0.2, 0.25) is 0 Å². The van der Waals surface area contributed by atoms with Crippen molar-refractivity contribution in [3.05, 3.63) is 72.4 Å². The van der Waals surface area contributed by atoms with Gasteiger partial charge in [0.1, 0.15) is 0 Å². The van der Waals surface area contributed by atoms with Gasteiger partial charge in [0.05, 0.1) is 12.7 Å². The Balaban J connectivity index is -0.000000380. The van der Waals surface area contributed by atoms with Crippen molar-refractivity contribution in [2.24, 2.45) is 0 Å².